The first-order chi connectivity index (χ1) is 29.5. The second-order valence-corrected chi connectivity index (χ2v) is 16.8. The van der Waals surface area contributed by atoms with Crippen LogP contribution in [0.4, 0.5) is 17.1 Å². The molecule has 0 amide bonds. The molecule has 61 heavy (non-hydrogen) atoms. The van der Waals surface area contributed by atoms with Gasteiger partial charge in [-0.25, -0.2) is 0 Å². The lowest BCUT2D eigenvalue weighted by Crippen LogP contribution is -2.32. The van der Waals surface area contributed by atoms with Gasteiger partial charge in [-0.2, -0.15) is 0 Å². The third kappa shape index (κ3) is 5.28. The summed E-state index contributed by atoms with van der Waals surface area (Å²) in [5.74, 6) is 1.80. The van der Waals surface area contributed by atoms with Gasteiger partial charge in [-0.3, -0.25) is 0 Å². The predicted molar refractivity (Wildman–Crippen MR) is 256 cm³/mol. The van der Waals surface area contributed by atoms with E-state index in [1.165, 1.54) is 66.8 Å². The largest absolute Gasteiger partial charge is 0.456 e. The first-order valence-electron chi connectivity index (χ1n) is 20.9. The van der Waals surface area contributed by atoms with Crippen molar-refractivity contribution in [1.29, 1.82) is 0 Å². The van der Waals surface area contributed by atoms with E-state index < -0.39 is 5.41 Å². The topological polar surface area (TPSA) is 12.5 Å². The van der Waals surface area contributed by atoms with Crippen LogP contribution in [0.5, 0.6) is 11.5 Å². The molecule has 1 spiro atoms. The Morgan fingerprint density at radius 2 is 0.820 bits per heavy atom. The number of nitrogens with zero attached hydrogens (tertiary/aromatic N) is 1. The molecule has 0 N–H and O–H groups in total. The van der Waals surface area contributed by atoms with Crippen molar-refractivity contribution in [2.45, 2.75) is 32.1 Å². The van der Waals surface area contributed by atoms with E-state index in [0.717, 1.165) is 39.7 Å². The number of hydrogen-bond acceptors (Lipinski definition) is 2. The van der Waals surface area contributed by atoms with Crippen molar-refractivity contribution < 1.29 is 6.16 Å². The molecule has 0 fully saturated rings. The van der Waals surface area contributed by atoms with Gasteiger partial charge >= 0.3 is 0 Å². The van der Waals surface area contributed by atoms with Crippen LogP contribution in [0.3, 0.4) is 0 Å². The highest BCUT2D eigenvalue weighted by atomic mass is 16.5. The fraction of sp³-hybridized carbons (Fsp3) is 0.0847. The van der Waals surface area contributed by atoms with E-state index in [9.17, 15) is 0 Å². The second-order valence-electron chi connectivity index (χ2n) is 16.8. The Morgan fingerprint density at radius 1 is 0.361 bits per heavy atom. The van der Waals surface area contributed by atoms with Crippen LogP contribution >= 0.6 is 0 Å². The quantitative estimate of drug-likeness (QED) is 0.172. The van der Waals surface area contributed by atoms with Crippen LogP contribution in [0, 0.1) is 0 Å². The van der Waals surface area contributed by atoms with Gasteiger partial charge in [0.2, 0.25) is 0 Å². The van der Waals surface area contributed by atoms with Gasteiger partial charge in [0, 0.05) is 40.6 Å². The Morgan fingerprint density at radius 3 is 1.48 bits per heavy atom. The Kier molecular flexibility index (Phi) is 8.31. The van der Waals surface area contributed by atoms with Crippen LogP contribution in [0.15, 0.2) is 212 Å². The van der Waals surface area contributed by atoms with Gasteiger partial charge in [0.25, 0.3) is 0 Å². The van der Waals surface area contributed by atoms with Crippen molar-refractivity contribution in [3.8, 4) is 56.0 Å². The Labute approximate surface area is 360 Å². The van der Waals surface area contributed by atoms with Crippen LogP contribution < -0.4 is 9.64 Å². The molecule has 294 valence electrons. The number of ether oxygens (including phenoxy) is 1. The van der Waals surface area contributed by atoms with Crippen LogP contribution in [-0.4, -0.2) is 0 Å². The van der Waals surface area contributed by atoms with E-state index >= 15 is 0 Å². The van der Waals surface area contributed by atoms with Gasteiger partial charge in [0.05, 0.1) is 5.41 Å². The van der Waals surface area contributed by atoms with Gasteiger partial charge in [-0.05, 0) is 104 Å². The third-order valence-corrected chi connectivity index (χ3v) is 13.4. The first kappa shape index (κ1) is 36.6. The predicted octanol–water partition coefficient (Wildman–Crippen LogP) is 16.1. The molecule has 12 rings (SSSR count). The normalized spacial score (nSPS) is 14.0. The Balaban J connectivity index is 0.00000229. The highest BCUT2D eigenvalue weighted by Gasteiger charge is 2.51. The lowest BCUT2D eigenvalue weighted by Gasteiger charge is -2.40. The fourth-order valence-electron chi connectivity index (χ4n) is 10.6. The van der Waals surface area contributed by atoms with Crippen LogP contribution in [0.25, 0.3) is 44.5 Å². The number of hydrogen-bond donors (Lipinski definition) is 0. The minimum absolute atomic E-state index is 0. The summed E-state index contributed by atoms with van der Waals surface area (Å²) in [6.45, 7) is 4.70. The molecule has 0 saturated carbocycles. The zero-order chi connectivity index (χ0) is 40.0. The molecule has 1 heterocycles. The Bertz CT molecular complexity index is 3100. The van der Waals surface area contributed by atoms with Crippen molar-refractivity contribution in [1.82, 2.24) is 0 Å². The van der Waals surface area contributed by atoms with Crippen LogP contribution in [-0.2, 0) is 10.8 Å². The SMILES string of the molecule is C.CC1(C)c2ccccc2-c2ccc(N(c3ccc(-c4ccccc4)cc3)c3ccc(-c4cccc5c4Oc4ccccc4C54c5ccccc5-c5ccccc54)cc3)cc21.[HH]. The lowest BCUT2D eigenvalue weighted by molar-refractivity contribution is 0.438. The van der Waals surface area contributed by atoms with E-state index in [2.05, 4.69) is 231 Å². The van der Waals surface area contributed by atoms with Crippen LogP contribution in [0.2, 0.25) is 0 Å². The molecular weight excluding hydrogens is 739 g/mol. The summed E-state index contributed by atoms with van der Waals surface area (Å²) < 4.78 is 7.02. The number of anilines is 3. The van der Waals surface area contributed by atoms with Crippen molar-refractivity contribution >= 4 is 17.1 Å². The van der Waals surface area contributed by atoms with E-state index in [4.69, 9.17) is 4.74 Å². The monoisotopic (exact) mass is 785 g/mol. The summed E-state index contributed by atoms with van der Waals surface area (Å²) in [5.41, 5.74) is 20.2. The van der Waals surface area contributed by atoms with Gasteiger partial charge in [-0.15, -0.1) is 0 Å². The highest BCUT2D eigenvalue weighted by molar-refractivity contribution is 5.91. The minimum atomic E-state index is -0.503. The molecule has 0 aromatic heterocycles. The lowest BCUT2D eigenvalue weighted by atomic mass is 9.65. The fourth-order valence-corrected chi connectivity index (χ4v) is 10.6. The van der Waals surface area contributed by atoms with Gasteiger partial charge in [0.1, 0.15) is 11.5 Å². The molecule has 3 aliphatic rings. The summed E-state index contributed by atoms with van der Waals surface area (Å²) in [6.07, 6.45) is 0. The average molecular weight is 786 g/mol. The van der Waals surface area contributed by atoms with E-state index in [1.807, 2.05) is 0 Å². The molecular formula is C59H47NO. The summed E-state index contributed by atoms with van der Waals surface area (Å²) in [6, 6.07) is 77.6. The minimum Gasteiger partial charge on any atom is -0.456 e. The van der Waals surface area contributed by atoms with Crippen LogP contribution in [0.1, 0.15) is 56.1 Å². The maximum atomic E-state index is 7.02. The molecule has 0 bridgehead atoms. The number of benzene rings is 9. The molecule has 1 aliphatic heterocycles. The molecule has 0 radical (unpaired) electrons. The molecule has 9 aromatic rings. The van der Waals surface area contributed by atoms with Crippen molar-refractivity contribution in [2.75, 3.05) is 4.90 Å². The highest BCUT2D eigenvalue weighted by Crippen LogP contribution is 2.63. The zero-order valence-corrected chi connectivity index (χ0v) is 33.6. The van der Waals surface area contributed by atoms with E-state index in [0.29, 0.717) is 0 Å². The molecule has 2 heteroatoms. The van der Waals surface area contributed by atoms with Gasteiger partial charge < -0.3 is 9.64 Å². The van der Waals surface area contributed by atoms with E-state index in [1.54, 1.807) is 0 Å². The summed E-state index contributed by atoms with van der Waals surface area (Å²) in [7, 11) is 0. The number of fused-ring (bicyclic) bond motifs is 12. The number of para-hydroxylation sites is 2. The molecule has 9 aromatic carbocycles. The van der Waals surface area contributed by atoms with Crippen molar-refractivity contribution in [2.24, 2.45) is 0 Å². The molecule has 2 aliphatic carbocycles. The van der Waals surface area contributed by atoms with Gasteiger partial charge in [-0.1, -0.05) is 191 Å². The second kappa shape index (κ2) is 13.8. The first-order valence-corrected chi connectivity index (χ1v) is 20.9. The third-order valence-electron chi connectivity index (χ3n) is 13.4. The number of rotatable bonds is 5. The summed E-state index contributed by atoms with van der Waals surface area (Å²) in [4.78, 5) is 2.40. The van der Waals surface area contributed by atoms with E-state index in [-0.39, 0.29) is 14.3 Å². The van der Waals surface area contributed by atoms with Gasteiger partial charge in [0.15, 0.2) is 0 Å². The maximum absolute atomic E-state index is 7.02. The summed E-state index contributed by atoms with van der Waals surface area (Å²) >= 11 is 0. The van der Waals surface area contributed by atoms with Crippen molar-refractivity contribution in [3.05, 3.63) is 246 Å². The average Bonchev–Trinajstić information content (AvgIpc) is 3.72. The smallest absolute Gasteiger partial charge is 0.140 e. The maximum Gasteiger partial charge on any atom is 0.140 e. The molecule has 0 saturated heterocycles. The molecule has 0 unspecified atom stereocenters. The molecule has 0 atom stereocenters. The standard InChI is InChI=1S/C58H41NO.CH4.H2/c1-57(2)49-21-9-6-17-45(49)48-36-35-43(37-54(48)57)59(41-31-27-39(28-32-41)38-15-4-3-5-16-38)42-33-29-40(30-34-42)44-20-14-25-53-56(44)60-55-26-13-12-24-52(55)58(53)50-22-10-7-18-46(50)47-19-8-11-23-51(47)58;;/h3-37H,1-2H3;1H4;1H. The molecule has 2 nitrogen and oxygen atoms in total. The summed E-state index contributed by atoms with van der Waals surface area (Å²) in [5, 5.41) is 0. The zero-order valence-electron chi connectivity index (χ0n) is 33.6. The van der Waals surface area contributed by atoms with Crippen molar-refractivity contribution in [3.63, 3.8) is 0 Å². The Hall–Kier alpha value is -7.42.